The van der Waals surface area contributed by atoms with Gasteiger partial charge in [0.15, 0.2) is 15.0 Å². The molecule has 1 N–H and O–H groups in total. The van der Waals surface area contributed by atoms with Gasteiger partial charge in [-0.2, -0.15) is 0 Å². The number of aliphatic imine (C=N–C) groups is 1. The molecule has 1 amide bonds. The molecule has 6 nitrogen and oxygen atoms in total. The molecule has 1 saturated heterocycles. The number of anilines is 2. The van der Waals surface area contributed by atoms with Crippen LogP contribution in [0, 0.1) is 0 Å². The van der Waals surface area contributed by atoms with Crippen molar-refractivity contribution in [3.05, 3.63) is 59.7 Å². The zero-order valence-electron chi connectivity index (χ0n) is 18.6. The molecule has 0 unspecified atom stereocenters. The van der Waals surface area contributed by atoms with Crippen LogP contribution in [0.2, 0.25) is 0 Å². The zero-order chi connectivity index (χ0) is 22.9. The molecular weight excluding hydrogens is 442 g/mol. The SMILES string of the molecule is CCc1cccc(NC(=O)CN(C2=N[C@@H]3CS(=O)(=O)C[C@@H]3S2)c2ccc(C(C)C)cc2)c1. The van der Waals surface area contributed by atoms with Crippen molar-refractivity contribution in [3.63, 3.8) is 0 Å². The molecule has 8 heteroatoms. The fourth-order valence-corrected chi connectivity index (χ4v) is 7.77. The van der Waals surface area contributed by atoms with Gasteiger partial charge in [0.2, 0.25) is 5.91 Å². The minimum absolute atomic E-state index is 0.0725. The second kappa shape index (κ2) is 9.27. The van der Waals surface area contributed by atoms with E-state index in [1.54, 1.807) is 0 Å². The molecule has 0 saturated carbocycles. The average molecular weight is 472 g/mol. The number of benzene rings is 2. The maximum atomic E-state index is 13.0. The lowest BCUT2D eigenvalue weighted by Crippen LogP contribution is -2.36. The summed E-state index contributed by atoms with van der Waals surface area (Å²) < 4.78 is 23.9. The van der Waals surface area contributed by atoms with Gasteiger partial charge in [-0.15, -0.1) is 0 Å². The number of aryl methyl sites for hydroxylation is 1. The van der Waals surface area contributed by atoms with E-state index in [1.807, 2.05) is 41.3 Å². The van der Waals surface area contributed by atoms with Crippen LogP contribution in [0.3, 0.4) is 0 Å². The van der Waals surface area contributed by atoms with Gasteiger partial charge in [0, 0.05) is 16.6 Å². The molecule has 0 bridgehead atoms. The van der Waals surface area contributed by atoms with Crippen LogP contribution in [-0.4, -0.2) is 48.8 Å². The van der Waals surface area contributed by atoms with Crippen molar-refractivity contribution in [3.8, 4) is 0 Å². The van der Waals surface area contributed by atoms with Crippen molar-refractivity contribution >= 4 is 44.0 Å². The fourth-order valence-electron chi connectivity index (χ4n) is 3.99. The summed E-state index contributed by atoms with van der Waals surface area (Å²) in [7, 11) is -3.03. The van der Waals surface area contributed by atoms with E-state index in [2.05, 4.69) is 38.2 Å². The van der Waals surface area contributed by atoms with Crippen molar-refractivity contribution in [2.75, 3.05) is 28.3 Å². The Morgan fingerprint density at radius 3 is 2.59 bits per heavy atom. The van der Waals surface area contributed by atoms with Gasteiger partial charge in [-0.05, 0) is 47.7 Å². The Balaban J connectivity index is 1.57. The molecule has 1 fully saturated rings. The van der Waals surface area contributed by atoms with Crippen molar-refractivity contribution < 1.29 is 13.2 Å². The first kappa shape index (κ1) is 22.9. The highest BCUT2D eigenvalue weighted by Crippen LogP contribution is 2.37. The summed E-state index contributed by atoms with van der Waals surface area (Å²) in [5.74, 6) is 0.504. The highest BCUT2D eigenvalue weighted by Gasteiger charge is 2.44. The van der Waals surface area contributed by atoms with E-state index >= 15 is 0 Å². The Kier molecular flexibility index (Phi) is 6.62. The quantitative estimate of drug-likeness (QED) is 0.687. The van der Waals surface area contributed by atoms with Gasteiger partial charge in [-0.1, -0.05) is 56.8 Å². The Bertz CT molecular complexity index is 1130. The number of rotatable bonds is 6. The number of carbonyl (C=O) groups excluding carboxylic acids is 1. The maximum absolute atomic E-state index is 13.0. The van der Waals surface area contributed by atoms with Crippen molar-refractivity contribution in [2.45, 2.75) is 44.4 Å². The minimum atomic E-state index is -3.03. The predicted octanol–water partition coefficient (Wildman–Crippen LogP) is 4.09. The normalized spacial score (nSPS) is 21.3. The average Bonchev–Trinajstić information content (AvgIpc) is 3.25. The van der Waals surface area contributed by atoms with Gasteiger partial charge in [0.05, 0.1) is 17.5 Å². The molecule has 2 aromatic carbocycles. The third kappa shape index (κ3) is 5.18. The van der Waals surface area contributed by atoms with E-state index < -0.39 is 9.84 Å². The minimum Gasteiger partial charge on any atom is -0.325 e. The Morgan fingerprint density at radius 2 is 1.94 bits per heavy atom. The highest BCUT2D eigenvalue weighted by molar-refractivity contribution is 8.15. The van der Waals surface area contributed by atoms with Crippen LogP contribution in [0.4, 0.5) is 11.4 Å². The monoisotopic (exact) mass is 471 g/mol. The number of amidine groups is 1. The van der Waals surface area contributed by atoms with E-state index in [4.69, 9.17) is 4.99 Å². The lowest BCUT2D eigenvalue weighted by atomic mass is 10.0. The molecule has 2 aliphatic rings. The summed E-state index contributed by atoms with van der Waals surface area (Å²) in [6.07, 6.45) is 0.900. The summed E-state index contributed by atoms with van der Waals surface area (Å²) in [5, 5.41) is 3.63. The molecule has 4 rings (SSSR count). The van der Waals surface area contributed by atoms with Gasteiger partial charge < -0.3 is 10.2 Å². The fraction of sp³-hybridized carbons (Fsp3) is 0.417. The van der Waals surface area contributed by atoms with Crippen LogP contribution in [0.5, 0.6) is 0 Å². The number of thioether (sulfide) groups is 1. The van der Waals surface area contributed by atoms with Crippen molar-refractivity contribution in [2.24, 2.45) is 4.99 Å². The predicted molar refractivity (Wildman–Crippen MR) is 134 cm³/mol. The van der Waals surface area contributed by atoms with Gasteiger partial charge >= 0.3 is 0 Å². The molecule has 2 heterocycles. The third-order valence-corrected chi connectivity index (χ3v) is 9.08. The molecule has 2 aliphatic heterocycles. The largest absolute Gasteiger partial charge is 0.325 e. The second-order valence-corrected chi connectivity index (χ2v) is 12.0. The number of sulfone groups is 1. The lowest BCUT2D eigenvalue weighted by Gasteiger charge is -2.24. The van der Waals surface area contributed by atoms with Crippen LogP contribution < -0.4 is 10.2 Å². The van der Waals surface area contributed by atoms with Crippen molar-refractivity contribution in [1.29, 1.82) is 0 Å². The third-order valence-electron chi connectivity index (χ3n) is 5.83. The molecule has 2 aromatic rings. The first-order valence-electron chi connectivity index (χ1n) is 11.0. The summed E-state index contributed by atoms with van der Waals surface area (Å²) in [4.78, 5) is 19.6. The van der Waals surface area contributed by atoms with E-state index in [0.29, 0.717) is 11.1 Å². The number of nitrogens with one attached hydrogen (secondary N) is 1. The van der Waals surface area contributed by atoms with Crippen LogP contribution in [0.15, 0.2) is 53.5 Å². The standard InChI is InChI=1S/C24H29N3O3S2/c1-4-17-6-5-7-19(12-17)25-23(28)13-27(20-10-8-18(9-11-20)16(2)3)24-26-21-14-32(29,30)15-22(21)31-24/h5-12,16,21-22H,4,13-15H2,1-3H3,(H,25,28)/t21-,22+/m1/s1. The molecule has 170 valence electrons. The van der Waals surface area contributed by atoms with Crippen LogP contribution >= 0.6 is 11.8 Å². The van der Waals surface area contributed by atoms with Gasteiger partial charge in [0.25, 0.3) is 0 Å². The maximum Gasteiger partial charge on any atom is 0.244 e. The topological polar surface area (TPSA) is 78.8 Å². The van der Waals surface area contributed by atoms with E-state index in [-0.39, 0.29) is 35.2 Å². The van der Waals surface area contributed by atoms with Crippen LogP contribution in [0.1, 0.15) is 37.8 Å². The zero-order valence-corrected chi connectivity index (χ0v) is 20.2. The molecule has 2 atom stereocenters. The first-order chi connectivity index (χ1) is 15.2. The number of nitrogens with zero attached hydrogens (tertiary/aromatic N) is 2. The smallest absolute Gasteiger partial charge is 0.244 e. The number of hydrogen-bond donors (Lipinski definition) is 1. The number of amides is 1. The van der Waals surface area contributed by atoms with Crippen LogP contribution in [-0.2, 0) is 21.1 Å². The van der Waals surface area contributed by atoms with Gasteiger partial charge in [-0.25, -0.2) is 8.42 Å². The molecule has 0 aliphatic carbocycles. The van der Waals surface area contributed by atoms with E-state index in [9.17, 15) is 13.2 Å². The Morgan fingerprint density at radius 1 is 1.19 bits per heavy atom. The lowest BCUT2D eigenvalue weighted by molar-refractivity contribution is -0.114. The summed E-state index contributed by atoms with van der Waals surface area (Å²) >= 11 is 1.47. The van der Waals surface area contributed by atoms with E-state index in [1.165, 1.54) is 17.3 Å². The van der Waals surface area contributed by atoms with Crippen molar-refractivity contribution in [1.82, 2.24) is 0 Å². The number of carbonyl (C=O) groups is 1. The summed E-state index contributed by atoms with van der Waals surface area (Å²) in [5.41, 5.74) is 4.03. The van der Waals surface area contributed by atoms with Crippen LogP contribution in [0.25, 0.3) is 0 Å². The molecule has 0 radical (unpaired) electrons. The second-order valence-electron chi connectivity index (χ2n) is 8.65. The van der Waals surface area contributed by atoms with Gasteiger partial charge in [0.1, 0.15) is 6.54 Å². The Labute approximate surface area is 194 Å². The van der Waals surface area contributed by atoms with Gasteiger partial charge in [-0.3, -0.25) is 9.79 Å². The molecule has 32 heavy (non-hydrogen) atoms. The number of hydrogen-bond acceptors (Lipinski definition) is 6. The first-order valence-corrected chi connectivity index (χ1v) is 13.7. The molecule has 0 aromatic heterocycles. The van der Waals surface area contributed by atoms with E-state index in [0.717, 1.165) is 23.4 Å². The Hall–Kier alpha value is -2.32. The molecular formula is C24H29N3O3S2. The number of fused-ring (bicyclic) bond motifs is 1. The molecule has 0 spiro atoms. The highest BCUT2D eigenvalue weighted by atomic mass is 32.2. The summed E-state index contributed by atoms with van der Waals surface area (Å²) in [6, 6.07) is 15.8. The summed E-state index contributed by atoms with van der Waals surface area (Å²) in [6.45, 7) is 6.47.